The quantitative estimate of drug-likeness (QED) is 0.907. The molecule has 0 aliphatic carbocycles. The van der Waals surface area contributed by atoms with Crippen LogP contribution in [0.1, 0.15) is 47.9 Å². The van der Waals surface area contributed by atoms with E-state index in [0.717, 1.165) is 49.3 Å². The summed E-state index contributed by atoms with van der Waals surface area (Å²) in [5, 5.41) is 2.97. The molecular formula is C17H25N3O2. The van der Waals surface area contributed by atoms with E-state index in [1.54, 1.807) is 0 Å². The first kappa shape index (κ1) is 15.1. The van der Waals surface area contributed by atoms with Crippen molar-refractivity contribution >= 4 is 11.8 Å². The Hall–Kier alpha value is -1.78. The molecule has 0 unspecified atom stereocenters. The lowest BCUT2D eigenvalue weighted by molar-refractivity contribution is -0.132. The van der Waals surface area contributed by atoms with Gasteiger partial charge < -0.3 is 14.8 Å². The van der Waals surface area contributed by atoms with Crippen LogP contribution < -0.4 is 5.32 Å². The molecule has 2 amide bonds. The van der Waals surface area contributed by atoms with E-state index in [0.29, 0.717) is 13.1 Å². The Morgan fingerprint density at radius 2 is 2.14 bits per heavy atom. The molecule has 1 spiro atoms. The summed E-state index contributed by atoms with van der Waals surface area (Å²) in [6.07, 6.45) is 2.70. The summed E-state index contributed by atoms with van der Waals surface area (Å²) in [5.74, 6) is 0.205. The van der Waals surface area contributed by atoms with Crippen LogP contribution in [0.4, 0.5) is 0 Å². The molecule has 1 aromatic heterocycles. The molecule has 1 aromatic rings. The van der Waals surface area contributed by atoms with Crippen LogP contribution in [0.2, 0.25) is 0 Å². The highest BCUT2D eigenvalue weighted by atomic mass is 16.2. The molecule has 0 aromatic carbocycles. The second kappa shape index (κ2) is 5.45. The minimum atomic E-state index is -0.343. The van der Waals surface area contributed by atoms with Gasteiger partial charge in [-0.3, -0.25) is 9.59 Å². The Morgan fingerprint density at radius 3 is 2.77 bits per heavy atom. The lowest BCUT2D eigenvalue weighted by atomic mass is 9.79. The predicted octanol–water partition coefficient (Wildman–Crippen LogP) is 1.87. The monoisotopic (exact) mass is 303 g/mol. The van der Waals surface area contributed by atoms with Gasteiger partial charge in [0.15, 0.2) is 0 Å². The summed E-state index contributed by atoms with van der Waals surface area (Å²) in [4.78, 5) is 27.0. The predicted molar refractivity (Wildman–Crippen MR) is 84.8 cm³/mol. The van der Waals surface area contributed by atoms with E-state index in [4.69, 9.17) is 0 Å². The zero-order chi connectivity index (χ0) is 15.9. The number of carbonyl (C=O) groups is 2. The molecule has 2 aliphatic rings. The second-order valence-corrected chi connectivity index (χ2v) is 6.65. The van der Waals surface area contributed by atoms with Crippen LogP contribution in [0.25, 0.3) is 0 Å². The fourth-order valence-corrected chi connectivity index (χ4v) is 4.04. The van der Waals surface area contributed by atoms with Crippen LogP contribution >= 0.6 is 0 Å². The van der Waals surface area contributed by atoms with Crippen molar-refractivity contribution in [2.24, 2.45) is 5.41 Å². The topological polar surface area (TPSA) is 54.3 Å². The third kappa shape index (κ3) is 2.23. The first-order valence-corrected chi connectivity index (χ1v) is 8.23. The van der Waals surface area contributed by atoms with E-state index < -0.39 is 0 Å². The van der Waals surface area contributed by atoms with E-state index in [2.05, 4.69) is 16.8 Å². The van der Waals surface area contributed by atoms with E-state index >= 15 is 0 Å². The first-order valence-electron chi connectivity index (χ1n) is 8.23. The molecule has 2 saturated heterocycles. The highest BCUT2D eigenvalue weighted by Crippen LogP contribution is 2.38. The lowest BCUT2D eigenvalue weighted by Crippen LogP contribution is -2.47. The number of piperidine rings is 1. The summed E-state index contributed by atoms with van der Waals surface area (Å²) < 4.78 is 2.16. The first-order chi connectivity index (χ1) is 10.5. The van der Waals surface area contributed by atoms with Gasteiger partial charge in [0.1, 0.15) is 0 Å². The van der Waals surface area contributed by atoms with Crippen LogP contribution in [0.15, 0.2) is 6.07 Å². The number of aromatic nitrogens is 1. The Labute approximate surface area is 131 Å². The van der Waals surface area contributed by atoms with Gasteiger partial charge >= 0.3 is 0 Å². The molecule has 0 radical (unpaired) electrons. The minimum Gasteiger partial charge on any atom is -0.356 e. The summed E-state index contributed by atoms with van der Waals surface area (Å²) in [6.45, 7) is 9.01. The lowest BCUT2D eigenvalue weighted by Gasteiger charge is -2.32. The second-order valence-electron chi connectivity index (χ2n) is 6.65. The summed E-state index contributed by atoms with van der Waals surface area (Å²) in [7, 11) is 0. The van der Waals surface area contributed by atoms with Gasteiger partial charge in [-0.1, -0.05) is 0 Å². The number of amides is 2. The highest BCUT2D eigenvalue weighted by molar-refractivity contribution is 5.97. The van der Waals surface area contributed by atoms with Crippen molar-refractivity contribution in [3.63, 3.8) is 0 Å². The average molecular weight is 303 g/mol. The number of carbonyl (C=O) groups excluding carboxylic acids is 2. The number of rotatable bonds is 2. The molecule has 0 bridgehead atoms. The van der Waals surface area contributed by atoms with Crippen molar-refractivity contribution in [1.29, 1.82) is 0 Å². The molecule has 3 heterocycles. The fourth-order valence-electron chi connectivity index (χ4n) is 4.04. The van der Waals surface area contributed by atoms with E-state index in [-0.39, 0.29) is 17.2 Å². The van der Waals surface area contributed by atoms with Crippen molar-refractivity contribution in [1.82, 2.24) is 14.8 Å². The van der Waals surface area contributed by atoms with Crippen molar-refractivity contribution in [2.75, 3.05) is 19.6 Å². The Morgan fingerprint density at radius 1 is 1.36 bits per heavy atom. The largest absolute Gasteiger partial charge is 0.356 e. The van der Waals surface area contributed by atoms with Gasteiger partial charge in [0.25, 0.3) is 5.91 Å². The van der Waals surface area contributed by atoms with E-state index in [9.17, 15) is 9.59 Å². The normalized spacial score (nSPS) is 24.9. The zero-order valence-corrected chi connectivity index (χ0v) is 13.7. The Balaban J connectivity index is 1.81. The molecule has 2 fully saturated rings. The number of hydrogen-bond acceptors (Lipinski definition) is 2. The maximum Gasteiger partial charge on any atom is 0.255 e. The average Bonchev–Trinajstić information content (AvgIpc) is 3.04. The molecule has 3 rings (SSSR count). The Kier molecular flexibility index (Phi) is 3.75. The van der Waals surface area contributed by atoms with Gasteiger partial charge in [-0.15, -0.1) is 0 Å². The molecule has 2 aliphatic heterocycles. The van der Waals surface area contributed by atoms with Gasteiger partial charge in [-0.05, 0) is 46.1 Å². The van der Waals surface area contributed by atoms with E-state index in [1.165, 1.54) is 0 Å². The summed E-state index contributed by atoms with van der Waals surface area (Å²) >= 11 is 0. The molecule has 5 heteroatoms. The van der Waals surface area contributed by atoms with Crippen molar-refractivity contribution in [2.45, 2.75) is 46.6 Å². The number of nitrogens with zero attached hydrogens (tertiary/aromatic N) is 2. The van der Waals surface area contributed by atoms with Crippen LogP contribution in [0, 0.1) is 19.3 Å². The molecule has 1 atom stereocenters. The van der Waals surface area contributed by atoms with Gasteiger partial charge in [0, 0.05) is 37.6 Å². The number of aryl methyl sites for hydroxylation is 1. The summed E-state index contributed by atoms with van der Waals surface area (Å²) in [5.41, 5.74) is 2.59. The van der Waals surface area contributed by atoms with Gasteiger partial charge in [0.05, 0.1) is 11.0 Å². The third-order valence-electron chi connectivity index (χ3n) is 5.36. The molecule has 0 saturated carbocycles. The van der Waals surface area contributed by atoms with Crippen LogP contribution in [-0.2, 0) is 11.3 Å². The number of nitrogens with one attached hydrogen (secondary N) is 1. The van der Waals surface area contributed by atoms with Gasteiger partial charge in [-0.25, -0.2) is 0 Å². The zero-order valence-electron chi connectivity index (χ0n) is 13.7. The molecule has 5 nitrogen and oxygen atoms in total. The van der Waals surface area contributed by atoms with Gasteiger partial charge in [-0.2, -0.15) is 0 Å². The molecule has 1 N–H and O–H groups in total. The van der Waals surface area contributed by atoms with Crippen molar-refractivity contribution in [3.05, 3.63) is 23.0 Å². The standard InChI is InChI=1S/C17H25N3O2/c1-4-20-12(2)10-14(13(20)3)15(21)19-9-7-17(11-19)6-5-8-18-16(17)22/h10H,4-9,11H2,1-3H3,(H,18,22)/t17-/m1/s1. The molecule has 120 valence electrons. The van der Waals surface area contributed by atoms with Crippen LogP contribution in [0.3, 0.4) is 0 Å². The van der Waals surface area contributed by atoms with Gasteiger partial charge in [0.2, 0.25) is 5.91 Å². The highest BCUT2D eigenvalue weighted by Gasteiger charge is 2.47. The van der Waals surface area contributed by atoms with E-state index in [1.807, 2.05) is 24.8 Å². The third-order valence-corrected chi connectivity index (χ3v) is 5.36. The Bertz CT molecular complexity index is 620. The maximum atomic E-state index is 12.9. The van der Waals surface area contributed by atoms with Crippen molar-refractivity contribution < 1.29 is 9.59 Å². The number of hydrogen-bond donors (Lipinski definition) is 1. The SMILES string of the molecule is CCn1c(C)cc(C(=O)N2CC[C@]3(CCCNC3=O)C2)c1C. The van der Waals surface area contributed by atoms with Crippen LogP contribution in [-0.4, -0.2) is 40.9 Å². The van der Waals surface area contributed by atoms with Crippen molar-refractivity contribution in [3.8, 4) is 0 Å². The summed E-state index contributed by atoms with van der Waals surface area (Å²) in [6, 6.07) is 1.98. The maximum absolute atomic E-state index is 12.9. The smallest absolute Gasteiger partial charge is 0.255 e. The minimum absolute atomic E-state index is 0.0723. The molecule has 22 heavy (non-hydrogen) atoms. The number of likely N-dealkylation sites (tertiary alicyclic amines) is 1. The molecular weight excluding hydrogens is 278 g/mol. The van der Waals surface area contributed by atoms with Crippen LogP contribution in [0.5, 0.6) is 0 Å². The fraction of sp³-hybridized carbons (Fsp3) is 0.647.